The van der Waals surface area contributed by atoms with E-state index in [1.807, 2.05) is 0 Å². The number of esters is 1. The molecular formula is C38H70NO7P. The third kappa shape index (κ3) is 35.6. The van der Waals surface area contributed by atoms with Gasteiger partial charge in [0.1, 0.15) is 6.10 Å². The van der Waals surface area contributed by atoms with Crippen LogP contribution in [-0.4, -0.2) is 49.9 Å². The van der Waals surface area contributed by atoms with E-state index in [1.165, 1.54) is 57.8 Å². The van der Waals surface area contributed by atoms with E-state index in [4.69, 9.17) is 24.3 Å². The van der Waals surface area contributed by atoms with Gasteiger partial charge >= 0.3 is 13.8 Å². The number of phosphoric acid groups is 1. The molecule has 0 bridgehead atoms. The molecule has 0 saturated heterocycles. The van der Waals surface area contributed by atoms with E-state index in [0.717, 1.165) is 70.6 Å². The molecule has 0 aliphatic heterocycles. The van der Waals surface area contributed by atoms with Crippen LogP contribution in [0.15, 0.2) is 48.6 Å². The van der Waals surface area contributed by atoms with Crippen molar-refractivity contribution in [2.24, 2.45) is 5.73 Å². The number of hydrogen-bond acceptors (Lipinski definition) is 7. The lowest BCUT2D eigenvalue weighted by molar-refractivity contribution is -0.154. The number of rotatable bonds is 35. The van der Waals surface area contributed by atoms with Gasteiger partial charge in [-0.2, -0.15) is 0 Å². The minimum Gasteiger partial charge on any atom is -0.457 e. The largest absolute Gasteiger partial charge is 0.472 e. The molecule has 0 aromatic heterocycles. The first-order valence-corrected chi connectivity index (χ1v) is 20.1. The molecule has 47 heavy (non-hydrogen) atoms. The molecule has 0 aromatic rings. The van der Waals surface area contributed by atoms with Crippen LogP contribution in [0.5, 0.6) is 0 Å². The lowest BCUT2D eigenvalue weighted by Gasteiger charge is -2.20. The highest BCUT2D eigenvalue weighted by molar-refractivity contribution is 7.47. The van der Waals surface area contributed by atoms with Crippen LogP contribution < -0.4 is 5.73 Å². The van der Waals surface area contributed by atoms with Gasteiger partial charge in [0.05, 0.1) is 19.8 Å². The van der Waals surface area contributed by atoms with E-state index in [2.05, 4.69) is 62.5 Å². The van der Waals surface area contributed by atoms with E-state index in [-0.39, 0.29) is 32.3 Å². The van der Waals surface area contributed by atoms with Crippen molar-refractivity contribution in [1.82, 2.24) is 0 Å². The quantitative estimate of drug-likeness (QED) is 0.0293. The van der Waals surface area contributed by atoms with Crippen molar-refractivity contribution in [2.45, 2.75) is 155 Å². The average Bonchev–Trinajstić information content (AvgIpc) is 3.06. The maximum atomic E-state index is 12.5. The van der Waals surface area contributed by atoms with Crippen LogP contribution in [0, 0.1) is 0 Å². The monoisotopic (exact) mass is 683 g/mol. The fourth-order valence-corrected chi connectivity index (χ4v) is 5.57. The van der Waals surface area contributed by atoms with Crippen molar-refractivity contribution in [3.8, 4) is 0 Å². The smallest absolute Gasteiger partial charge is 0.457 e. The fourth-order valence-electron chi connectivity index (χ4n) is 4.81. The molecule has 0 aliphatic carbocycles. The van der Waals surface area contributed by atoms with Crippen LogP contribution >= 0.6 is 7.82 Å². The molecule has 0 rings (SSSR count). The standard InChI is InChI=1S/C38H70NO7P/c1-3-5-7-9-11-13-15-17-18-19-20-22-24-26-28-30-33-43-35-37(36-45-47(41,42)44-34-32-39)46-38(40)31-29-27-25-23-21-16-14-12-10-8-6-4-2/h5,7,11,13,17-18,20,22,37H,3-4,6,8-10,12,14-16,19,21,23-36,39H2,1-2H3,(H,41,42)/b7-5-,13-11-,18-17-,22-20-. The number of ether oxygens (including phenoxy) is 2. The van der Waals surface area contributed by atoms with Crippen LogP contribution in [0.3, 0.4) is 0 Å². The highest BCUT2D eigenvalue weighted by Crippen LogP contribution is 2.43. The van der Waals surface area contributed by atoms with E-state index < -0.39 is 13.9 Å². The van der Waals surface area contributed by atoms with Crippen LogP contribution in [0.4, 0.5) is 0 Å². The predicted octanol–water partition coefficient (Wildman–Crippen LogP) is 10.5. The summed E-state index contributed by atoms with van der Waals surface area (Å²) in [6.07, 6.45) is 39.8. The minimum atomic E-state index is -4.28. The third-order valence-corrected chi connectivity index (χ3v) is 8.49. The maximum absolute atomic E-state index is 12.5. The van der Waals surface area contributed by atoms with Gasteiger partial charge in [0.15, 0.2) is 0 Å². The summed E-state index contributed by atoms with van der Waals surface area (Å²) in [5, 5.41) is 0. The van der Waals surface area contributed by atoms with E-state index in [1.54, 1.807) is 0 Å². The van der Waals surface area contributed by atoms with Crippen molar-refractivity contribution < 1.29 is 32.8 Å². The Morgan fingerprint density at radius 3 is 1.77 bits per heavy atom. The van der Waals surface area contributed by atoms with Gasteiger partial charge in [-0.25, -0.2) is 4.57 Å². The van der Waals surface area contributed by atoms with Gasteiger partial charge in [-0.15, -0.1) is 0 Å². The van der Waals surface area contributed by atoms with Gasteiger partial charge in [0.25, 0.3) is 0 Å². The molecule has 0 heterocycles. The van der Waals surface area contributed by atoms with Crippen LogP contribution in [-0.2, 0) is 27.9 Å². The third-order valence-electron chi connectivity index (χ3n) is 7.51. The summed E-state index contributed by atoms with van der Waals surface area (Å²) in [6.45, 7) is 4.71. The number of phosphoric ester groups is 1. The molecular weight excluding hydrogens is 613 g/mol. The normalized spacial score (nSPS) is 14.2. The summed E-state index contributed by atoms with van der Waals surface area (Å²) in [5.41, 5.74) is 5.34. The SMILES string of the molecule is CC/C=C\C/C=C\C/C=C\C/C=C\CCCCCOCC(COP(=O)(O)OCCN)OC(=O)CCCCCCCCCCCCCC. The summed E-state index contributed by atoms with van der Waals surface area (Å²) in [5.74, 6) is -0.345. The Morgan fingerprint density at radius 2 is 1.19 bits per heavy atom. The lowest BCUT2D eigenvalue weighted by Crippen LogP contribution is -2.28. The highest BCUT2D eigenvalue weighted by atomic mass is 31.2. The number of hydrogen-bond donors (Lipinski definition) is 2. The first-order chi connectivity index (χ1) is 22.9. The number of unbranched alkanes of at least 4 members (excludes halogenated alkanes) is 14. The van der Waals surface area contributed by atoms with Crippen molar-refractivity contribution in [3.63, 3.8) is 0 Å². The average molecular weight is 684 g/mol. The zero-order valence-corrected chi connectivity index (χ0v) is 30.9. The van der Waals surface area contributed by atoms with E-state index in [9.17, 15) is 14.3 Å². The lowest BCUT2D eigenvalue weighted by atomic mass is 10.0. The predicted molar refractivity (Wildman–Crippen MR) is 196 cm³/mol. The first kappa shape index (κ1) is 45.5. The molecule has 0 aliphatic rings. The molecule has 0 fully saturated rings. The van der Waals surface area contributed by atoms with Crippen LogP contribution in [0.25, 0.3) is 0 Å². The minimum absolute atomic E-state index is 0.0940. The Hall–Kier alpha value is -1.54. The van der Waals surface area contributed by atoms with Gasteiger partial charge < -0.3 is 20.1 Å². The van der Waals surface area contributed by atoms with Crippen molar-refractivity contribution in [3.05, 3.63) is 48.6 Å². The molecule has 9 heteroatoms. The Balaban J connectivity index is 4.17. The molecule has 0 saturated carbocycles. The van der Waals surface area contributed by atoms with Crippen molar-refractivity contribution in [2.75, 3.05) is 33.0 Å². The molecule has 2 atom stereocenters. The summed E-state index contributed by atoms with van der Waals surface area (Å²) < 4.78 is 33.2. The Bertz CT molecular complexity index is 859. The summed E-state index contributed by atoms with van der Waals surface area (Å²) in [7, 11) is -4.28. The Morgan fingerprint density at radius 1 is 0.660 bits per heavy atom. The summed E-state index contributed by atoms with van der Waals surface area (Å²) >= 11 is 0. The van der Waals surface area contributed by atoms with Gasteiger partial charge in [0.2, 0.25) is 0 Å². The van der Waals surface area contributed by atoms with E-state index >= 15 is 0 Å². The Labute approximate surface area is 288 Å². The topological polar surface area (TPSA) is 117 Å². The summed E-state index contributed by atoms with van der Waals surface area (Å²) in [6, 6.07) is 0. The number of allylic oxidation sites excluding steroid dienone is 8. The molecule has 3 N–H and O–H groups in total. The Kier molecular flexibility index (Phi) is 34.6. The molecule has 274 valence electrons. The molecule has 2 unspecified atom stereocenters. The number of nitrogens with two attached hydrogens (primary N) is 1. The van der Waals surface area contributed by atoms with Crippen molar-refractivity contribution >= 4 is 13.8 Å². The first-order valence-electron chi connectivity index (χ1n) is 18.6. The molecule has 0 spiro atoms. The molecule has 0 aromatic carbocycles. The van der Waals surface area contributed by atoms with Crippen molar-refractivity contribution in [1.29, 1.82) is 0 Å². The highest BCUT2D eigenvalue weighted by Gasteiger charge is 2.25. The molecule has 0 amide bonds. The molecule has 0 radical (unpaired) electrons. The summed E-state index contributed by atoms with van der Waals surface area (Å²) in [4.78, 5) is 22.3. The second-order valence-electron chi connectivity index (χ2n) is 12.1. The second-order valence-corrected chi connectivity index (χ2v) is 13.5. The number of carbonyl (C=O) groups is 1. The fraction of sp³-hybridized carbons (Fsp3) is 0.763. The second kappa shape index (κ2) is 35.8. The molecule has 8 nitrogen and oxygen atoms in total. The van der Waals surface area contributed by atoms with Crippen LogP contribution in [0.1, 0.15) is 149 Å². The number of carbonyl (C=O) groups excluding carboxylic acids is 1. The van der Waals surface area contributed by atoms with Gasteiger partial charge in [-0.1, -0.05) is 140 Å². The van der Waals surface area contributed by atoms with Gasteiger partial charge in [0, 0.05) is 19.6 Å². The van der Waals surface area contributed by atoms with Crippen LogP contribution in [0.2, 0.25) is 0 Å². The maximum Gasteiger partial charge on any atom is 0.472 e. The van der Waals surface area contributed by atoms with Gasteiger partial charge in [-0.05, 0) is 51.4 Å². The zero-order valence-electron chi connectivity index (χ0n) is 30.0. The van der Waals surface area contributed by atoms with Gasteiger partial charge in [-0.3, -0.25) is 13.8 Å². The van der Waals surface area contributed by atoms with E-state index in [0.29, 0.717) is 13.0 Å². The zero-order chi connectivity index (χ0) is 34.5.